The Morgan fingerprint density at radius 1 is 0.864 bits per heavy atom. The first-order valence-corrected chi connectivity index (χ1v) is 6.60. The molecule has 0 radical (unpaired) electrons. The summed E-state index contributed by atoms with van der Waals surface area (Å²) in [6, 6.07) is 14.1. The molecule has 0 atom stereocenters. The van der Waals surface area contributed by atoms with Crippen LogP contribution < -0.4 is 10.9 Å². The Labute approximate surface area is 126 Å². The normalized spacial score (nSPS) is 10.2. The van der Waals surface area contributed by atoms with E-state index in [4.69, 9.17) is 0 Å². The molecule has 6 nitrogen and oxygen atoms in total. The van der Waals surface area contributed by atoms with E-state index in [2.05, 4.69) is 20.8 Å². The molecule has 3 rings (SSSR count). The Balaban J connectivity index is 1.69. The molecule has 0 saturated heterocycles. The van der Waals surface area contributed by atoms with Crippen LogP contribution in [0.1, 0.15) is 20.8 Å². The van der Waals surface area contributed by atoms with Crippen molar-refractivity contribution in [3.63, 3.8) is 0 Å². The quantitative estimate of drug-likeness (QED) is 0.704. The van der Waals surface area contributed by atoms with E-state index in [0.717, 1.165) is 5.39 Å². The lowest BCUT2D eigenvalue weighted by Crippen LogP contribution is -2.41. The summed E-state index contributed by atoms with van der Waals surface area (Å²) in [4.78, 5) is 31.9. The summed E-state index contributed by atoms with van der Waals surface area (Å²) in [7, 11) is 0. The first kappa shape index (κ1) is 13.7. The SMILES string of the molecule is O=C(NNC(=O)c1ccc2ccccc2n1)c1cccnc1. The van der Waals surface area contributed by atoms with Gasteiger partial charge in [-0.3, -0.25) is 25.4 Å². The number of amides is 2. The van der Waals surface area contributed by atoms with E-state index in [1.807, 2.05) is 24.3 Å². The van der Waals surface area contributed by atoms with Gasteiger partial charge in [-0.15, -0.1) is 0 Å². The monoisotopic (exact) mass is 292 g/mol. The van der Waals surface area contributed by atoms with Crippen molar-refractivity contribution in [2.45, 2.75) is 0 Å². The number of fused-ring (bicyclic) bond motifs is 1. The number of benzene rings is 1. The van der Waals surface area contributed by atoms with Gasteiger partial charge in [-0.25, -0.2) is 4.98 Å². The molecule has 2 N–H and O–H groups in total. The van der Waals surface area contributed by atoms with Crippen LogP contribution in [0.15, 0.2) is 60.9 Å². The Morgan fingerprint density at radius 3 is 2.50 bits per heavy atom. The van der Waals surface area contributed by atoms with Crippen molar-refractivity contribution in [1.29, 1.82) is 0 Å². The number of hydrazine groups is 1. The molecule has 0 saturated carbocycles. The largest absolute Gasteiger partial charge is 0.288 e. The second-order valence-corrected chi connectivity index (χ2v) is 4.54. The van der Waals surface area contributed by atoms with Gasteiger partial charge in [0.15, 0.2) is 0 Å². The molecule has 2 heterocycles. The van der Waals surface area contributed by atoms with E-state index >= 15 is 0 Å². The Kier molecular flexibility index (Phi) is 3.74. The molecule has 22 heavy (non-hydrogen) atoms. The maximum absolute atomic E-state index is 12.0. The minimum atomic E-state index is -0.483. The summed E-state index contributed by atoms with van der Waals surface area (Å²) in [6.07, 6.45) is 2.98. The average Bonchev–Trinajstić information content (AvgIpc) is 2.59. The number of pyridine rings is 2. The van der Waals surface area contributed by atoms with Gasteiger partial charge in [-0.05, 0) is 24.3 Å². The predicted octanol–water partition coefficient (Wildman–Crippen LogP) is 1.70. The van der Waals surface area contributed by atoms with Crippen LogP contribution in [0.2, 0.25) is 0 Å². The van der Waals surface area contributed by atoms with Gasteiger partial charge in [0.05, 0.1) is 11.1 Å². The maximum atomic E-state index is 12.0. The van der Waals surface area contributed by atoms with E-state index in [-0.39, 0.29) is 5.69 Å². The van der Waals surface area contributed by atoms with Crippen molar-refractivity contribution in [2.75, 3.05) is 0 Å². The first-order chi connectivity index (χ1) is 10.7. The van der Waals surface area contributed by atoms with Gasteiger partial charge < -0.3 is 0 Å². The molecule has 0 spiro atoms. The fraction of sp³-hybridized carbons (Fsp3) is 0. The van der Waals surface area contributed by atoms with Crippen LogP contribution in [0.4, 0.5) is 0 Å². The number of aromatic nitrogens is 2. The molecule has 0 fully saturated rings. The van der Waals surface area contributed by atoms with Crippen molar-refractivity contribution in [3.8, 4) is 0 Å². The zero-order chi connectivity index (χ0) is 15.4. The Hall–Kier alpha value is -3.28. The third-order valence-electron chi connectivity index (χ3n) is 3.04. The molecular weight excluding hydrogens is 280 g/mol. The molecule has 1 aromatic carbocycles. The molecule has 2 aromatic heterocycles. The number of rotatable bonds is 2. The smallest absolute Gasteiger partial charge is 0.267 e. The van der Waals surface area contributed by atoms with Crippen LogP contribution in [0, 0.1) is 0 Å². The summed E-state index contributed by atoms with van der Waals surface area (Å²) in [5, 5.41) is 0.943. The lowest BCUT2D eigenvalue weighted by molar-refractivity contribution is 0.0844. The molecule has 0 bridgehead atoms. The van der Waals surface area contributed by atoms with E-state index in [1.54, 1.807) is 30.5 Å². The summed E-state index contributed by atoms with van der Waals surface area (Å²) in [5.74, 6) is -0.926. The molecule has 108 valence electrons. The number of carbonyl (C=O) groups is 2. The van der Waals surface area contributed by atoms with Gasteiger partial charge in [0.25, 0.3) is 11.8 Å². The van der Waals surface area contributed by atoms with Crippen molar-refractivity contribution >= 4 is 22.7 Å². The summed E-state index contributed by atoms with van der Waals surface area (Å²) >= 11 is 0. The fourth-order valence-corrected chi connectivity index (χ4v) is 1.94. The van der Waals surface area contributed by atoms with Gasteiger partial charge in [-0.2, -0.15) is 0 Å². The van der Waals surface area contributed by atoms with Crippen LogP contribution in [0.5, 0.6) is 0 Å². The molecule has 0 unspecified atom stereocenters. The highest BCUT2D eigenvalue weighted by Crippen LogP contribution is 2.11. The summed E-state index contributed by atoms with van der Waals surface area (Å²) < 4.78 is 0. The molecule has 6 heteroatoms. The van der Waals surface area contributed by atoms with Crippen LogP contribution in [0.3, 0.4) is 0 Å². The molecular formula is C16H12N4O2. The molecule has 0 aliphatic carbocycles. The van der Waals surface area contributed by atoms with Crippen molar-refractivity contribution in [3.05, 3.63) is 72.2 Å². The van der Waals surface area contributed by atoms with Crippen LogP contribution in [-0.2, 0) is 0 Å². The van der Waals surface area contributed by atoms with Crippen molar-refractivity contribution in [1.82, 2.24) is 20.8 Å². The topological polar surface area (TPSA) is 84.0 Å². The molecule has 3 aromatic rings. The average molecular weight is 292 g/mol. The highest BCUT2D eigenvalue weighted by Gasteiger charge is 2.10. The van der Waals surface area contributed by atoms with E-state index < -0.39 is 11.8 Å². The highest BCUT2D eigenvalue weighted by molar-refractivity contribution is 5.99. The third kappa shape index (κ3) is 2.90. The number of nitrogens with one attached hydrogen (secondary N) is 2. The van der Waals surface area contributed by atoms with E-state index in [0.29, 0.717) is 11.1 Å². The molecule has 0 aliphatic heterocycles. The van der Waals surface area contributed by atoms with Crippen LogP contribution in [0.25, 0.3) is 10.9 Å². The number of hydrogen-bond acceptors (Lipinski definition) is 4. The number of carbonyl (C=O) groups excluding carboxylic acids is 2. The highest BCUT2D eigenvalue weighted by atomic mass is 16.2. The third-order valence-corrected chi connectivity index (χ3v) is 3.04. The second-order valence-electron chi connectivity index (χ2n) is 4.54. The maximum Gasteiger partial charge on any atom is 0.288 e. The van der Waals surface area contributed by atoms with E-state index in [9.17, 15) is 9.59 Å². The van der Waals surface area contributed by atoms with Crippen molar-refractivity contribution in [2.24, 2.45) is 0 Å². The lowest BCUT2D eigenvalue weighted by Gasteiger charge is -2.07. The number of nitrogens with zero attached hydrogens (tertiary/aromatic N) is 2. The fourth-order valence-electron chi connectivity index (χ4n) is 1.94. The van der Waals surface area contributed by atoms with Gasteiger partial charge >= 0.3 is 0 Å². The number of para-hydroxylation sites is 1. The standard InChI is InChI=1S/C16H12N4O2/c21-15(12-5-3-9-17-10-12)19-20-16(22)14-8-7-11-4-1-2-6-13(11)18-14/h1-10H,(H,19,21)(H,20,22). The van der Waals surface area contributed by atoms with E-state index in [1.165, 1.54) is 6.20 Å². The second kappa shape index (κ2) is 6.01. The minimum absolute atomic E-state index is 0.227. The van der Waals surface area contributed by atoms with Gasteiger partial charge in [0.2, 0.25) is 0 Å². The van der Waals surface area contributed by atoms with Gasteiger partial charge in [0, 0.05) is 17.8 Å². The molecule has 2 amide bonds. The van der Waals surface area contributed by atoms with Gasteiger partial charge in [-0.1, -0.05) is 24.3 Å². The zero-order valence-electron chi connectivity index (χ0n) is 11.5. The first-order valence-electron chi connectivity index (χ1n) is 6.60. The summed E-state index contributed by atoms with van der Waals surface area (Å²) in [5.41, 5.74) is 5.96. The van der Waals surface area contributed by atoms with Gasteiger partial charge in [0.1, 0.15) is 5.69 Å². The summed E-state index contributed by atoms with van der Waals surface area (Å²) in [6.45, 7) is 0. The number of hydrogen-bond donors (Lipinski definition) is 2. The molecule has 0 aliphatic rings. The Morgan fingerprint density at radius 2 is 1.68 bits per heavy atom. The zero-order valence-corrected chi connectivity index (χ0v) is 11.5. The Bertz CT molecular complexity index is 834. The minimum Gasteiger partial charge on any atom is -0.267 e. The predicted molar refractivity (Wildman–Crippen MR) is 80.9 cm³/mol. The van der Waals surface area contributed by atoms with Crippen LogP contribution >= 0.6 is 0 Å². The van der Waals surface area contributed by atoms with Crippen molar-refractivity contribution < 1.29 is 9.59 Å². The lowest BCUT2D eigenvalue weighted by atomic mass is 10.2. The van der Waals surface area contributed by atoms with Crippen LogP contribution in [-0.4, -0.2) is 21.8 Å².